The van der Waals surface area contributed by atoms with E-state index in [9.17, 15) is 13.2 Å². The number of anilines is 2. The number of ether oxygens (including phenoxy) is 1. The first-order valence-electron chi connectivity index (χ1n) is 9.16. The van der Waals surface area contributed by atoms with Crippen LogP contribution in [-0.4, -0.2) is 69.8 Å². The number of thiazole rings is 1. The van der Waals surface area contributed by atoms with Gasteiger partial charge in [0, 0.05) is 50.4 Å². The summed E-state index contributed by atoms with van der Waals surface area (Å²) >= 11 is 0.845. The first-order chi connectivity index (χ1) is 14.3. The van der Waals surface area contributed by atoms with Gasteiger partial charge in [-0.2, -0.15) is 13.2 Å². The average Bonchev–Trinajstić information content (AvgIpc) is 3.21. The Morgan fingerprint density at radius 2 is 1.97 bits per heavy atom. The standard InChI is InChI=1S/C19H23F3N6OS/c1-23-13-9-12(28-7-5-27(3)6-8-28)10-14(29-4)16(13)17(24-2)26-18-25-15(11-30-18)19(20,21)22/h9-11H,1,5-8H2,2-4H3,(H,24,25,26). The van der Waals surface area contributed by atoms with Gasteiger partial charge >= 0.3 is 6.18 Å². The number of nitrogens with one attached hydrogen (secondary N) is 1. The van der Waals surface area contributed by atoms with Gasteiger partial charge in [-0.3, -0.25) is 9.98 Å². The average molecular weight is 440 g/mol. The van der Waals surface area contributed by atoms with Crippen molar-refractivity contribution in [1.29, 1.82) is 0 Å². The van der Waals surface area contributed by atoms with Crippen molar-refractivity contribution in [3.8, 4) is 5.75 Å². The summed E-state index contributed by atoms with van der Waals surface area (Å²) in [6.45, 7) is 7.25. The third kappa shape index (κ3) is 4.73. The summed E-state index contributed by atoms with van der Waals surface area (Å²) in [6, 6.07) is 3.76. The van der Waals surface area contributed by atoms with E-state index in [1.165, 1.54) is 14.2 Å². The van der Waals surface area contributed by atoms with Crippen molar-refractivity contribution >= 4 is 40.4 Å². The van der Waals surface area contributed by atoms with Crippen LogP contribution in [0, 0.1) is 0 Å². The van der Waals surface area contributed by atoms with Crippen LogP contribution in [0.15, 0.2) is 27.5 Å². The highest BCUT2D eigenvalue weighted by molar-refractivity contribution is 7.14. The number of aliphatic imine (C=N–C) groups is 2. The lowest BCUT2D eigenvalue weighted by Gasteiger charge is -2.34. The van der Waals surface area contributed by atoms with Crippen molar-refractivity contribution in [2.24, 2.45) is 9.98 Å². The maximum atomic E-state index is 12.9. The van der Waals surface area contributed by atoms with Gasteiger partial charge in [0.25, 0.3) is 0 Å². The minimum Gasteiger partial charge on any atom is -0.496 e. The van der Waals surface area contributed by atoms with E-state index in [0.29, 0.717) is 22.8 Å². The summed E-state index contributed by atoms with van der Waals surface area (Å²) in [5.74, 6) is 0.789. The van der Waals surface area contributed by atoms with E-state index in [1.807, 2.05) is 12.1 Å². The molecule has 0 spiro atoms. The highest BCUT2D eigenvalue weighted by atomic mass is 32.1. The molecule has 1 N–H and O–H groups in total. The number of likely N-dealkylation sites (N-methyl/N-ethyl adjacent to an activating group) is 1. The molecule has 3 rings (SSSR count). The largest absolute Gasteiger partial charge is 0.496 e. The Balaban J connectivity index is 1.94. The van der Waals surface area contributed by atoms with Gasteiger partial charge in [-0.15, -0.1) is 11.3 Å². The third-order valence-corrected chi connectivity index (χ3v) is 5.56. The Hall–Kier alpha value is -2.66. The maximum Gasteiger partial charge on any atom is 0.434 e. The fourth-order valence-electron chi connectivity index (χ4n) is 3.15. The Kier molecular flexibility index (Phi) is 6.61. The van der Waals surface area contributed by atoms with Crippen LogP contribution in [-0.2, 0) is 6.18 Å². The summed E-state index contributed by atoms with van der Waals surface area (Å²) < 4.78 is 44.2. The van der Waals surface area contributed by atoms with Crippen molar-refractivity contribution in [3.63, 3.8) is 0 Å². The Morgan fingerprint density at radius 1 is 1.27 bits per heavy atom. The predicted octanol–water partition coefficient (Wildman–Crippen LogP) is 3.74. The number of halogens is 3. The van der Waals surface area contributed by atoms with Crippen LogP contribution in [0.2, 0.25) is 0 Å². The number of rotatable bonds is 5. The molecule has 0 unspecified atom stereocenters. The first-order valence-corrected chi connectivity index (χ1v) is 10.0. The normalized spacial score (nSPS) is 15.9. The first kappa shape index (κ1) is 22.0. The molecule has 2 heterocycles. The number of hydrogen-bond donors (Lipinski definition) is 1. The second-order valence-corrected chi connectivity index (χ2v) is 7.58. The molecule has 0 amide bonds. The molecular weight excluding hydrogens is 417 g/mol. The van der Waals surface area contributed by atoms with Crippen LogP contribution in [0.4, 0.5) is 29.7 Å². The third-order valence-electron chi connectivity index (χ3n) is 4.81. The van der Waals surface area contributed by atoms with Crippen LogP contribution >= 0.6 is 11.3 Å². The van der Waals surface area contributed by atoms with Gasteiger partial charge < -0.3 is 19.9 Å². The van der Waals surface area contributed by atoms with E-state index in [2.05, 4.69) is 43.9 Å². The minimum atomic E-state index is -4.50. The molecule has 0 atom stereocenters. The van der Waals surface area contributed by atoms with Crippen molar-refractivity contribution in [2.75, 3.05) is 57.6 Å². The van der Waals surface area contributed by atoms with Gasteiger partial charge in [0.1, 0.15) is 11.6 Å². The lowest BCUT2D eigenvalue weighted by molar-refractivity contribution is -0.140. The zero-order valence-electron chi connectivity index (χ0n) is 17.0. The monoisotopic (exact) mass is 440 g/mol. The summed E-state index contributed by atoms with van der Waals surface area (Å²) in [6.07, 6.45) is -4.50. The quantitative estimate of drug-likeness (QED) is 0.567. The van der Waals surface area contributed by atoms with Gasteiger partial charge in [0.05, 0.1) is 18.4 Å². The highest BCUT2D eigenvalue weighted by Gasteiger charge is 2.34. The van der Waals surface area contributed by atoms with Crippen LogP contribution in [0.3, 0.4) is 0 Å². The molecule has 1 aliphatic heterocycles. The Bertz CT molecular complexity index is 935. The summed E-state index contributed by atoms with van der Waals surface area (Å²) in [4.78, 5) is 16.4. The van der Waals surface area contributed by atoms with E-state index in [1.54, 1.807) is 0 Å². The van der Waals surface area contributed by atoms with Gasteiger partial charge in [0.15, 0.2) is 10.8 Å². The zero-order chi connectivity index (χ0) is 21.9. The predicted molar refractivity (Wildman–Crippen MR) is 115 cm³/mol. The van der Waals surface area contributed by atoms with Crippen LogP contribution in [0.25, 0.3) is 0 Å². The molecule has 1 fully saturated rings. The van der Waals surface area contributed by atoms with Crippen molar-refractivity contribution < 1.29 is 17.9 Å². The summed E-state index contributed by atoms with van der Waals surface area (Å²) in [7, 11) is 5.13. The van der Waals surface area contributed by atoms with E-state index >= 15 is 0 Å². The van der Waals surface area contributed by atoms with Gasteiger partial charge in [-0.1, -0.05) is 0 Å². The SMILES string of the molecule is C=Nc1cc(N2CCN(C)CC2)cc(OC)c1/C(=N\C)Nc1nc(C(F)(F)F)cs1. The number of amidine groups is 1. The second-order valence-electron chi connectivity index (χ2n) is 6.72. The number of methoxy groups -OCH3 is 1. The van der Waals surface area contributed by atoms with E-state index < -0.39 is 11.9 Å². The molecule has 0 aliphatic carbocycles. The molecule has 1 aromatic carbocycles. The number of hydrogen-bond acceptors (Lipinski definition) is 7. The minimum absolute atomic E-state index is 0.0723. The molecule has 0 bridgehead atoms. The molecule has 1 saturated heterocycles. The van der Waals surface area contributed by atoms with Crippen molar-refractivity contribution in [1.82, 2.24) is 9.88 Å². The number of nitrogens with zero attached hydrogens (tertiary/aromatic N) is 5. The zero-order valence-corrected chi connectivity index (χ0v) is 17.8. The smallest absolute Gasteiger partial charge is 0.434 e. The molecule has 30 heavy (non-hydrogen) atoms. The lowest BCUT2D eigenvalue weighted by Crippen LogP contribution is -2.44. The van der Waals surface area contributed by atoms with Crippen LogP contribution in [0.5, 0.6) is 5.75 Å². The Morgan fingerprint density at radius 3 is 2.50 bits per heavy atom. The molecule has 162 valence electrons. The van der Waals surface area contributed by atoms with E-state index in [4.69, 9.17) is 4.74 Å². The van der Waals surface area contributed by atoms with Crippen molar-refractivity contribution in [3.05, 3.63) is 28.8 Å². The van der Waals surface area contributed by atoms with E-state index in [-0.39, 0.29) is 5.13 Å². The molecular formula is C19H23F3N6OS. The molecule has 0 radical (unpaired) electrons. The molecule has 0 saturated carbocycles. The summed E-state index contributed by atoms with van der Waals surface area (Å²) in [5.41, 5.74) is 1.01. The van der Waals surface area contributed by atoms with Gasteiger partial charge in [0.2, 0.25) is 0 Å². The van der Waals surface area contributed by atoms with E-state index in [0.717, 1.165) is 48.6 Å². The molecule has 11 heteroatoms. The topological polar surface area (TPSA) is 65.3 Å². The van der Waals surface area contributed by atoms with Crippen molar-refractivity contribution in [2.45, 2.75) is 6.18 Å². The maximum absolute atomic E-state index is 12.9. The number of alkyl halides is 3. The fraction of sp³-hybridized carbons (Fsp3) is 0.421. The van der Waals surface area contributed by atoms with Crippen LogP contribution in [0.1, 0.15) is 11.3 Å². The molecule has 2 aromatic rings. The number of benzene rings is 1. The van der Waals surface area contributed by atoms with Crippen LogP contribution < -0.4 is 15.0 Å². The number of piperazine rings is 1. The second kappa shape index (κ2) is 9.00. The number of aromatic nitrogens is 1. The lowest BCUT2D eigenvalue weighted by atomic mass is 10.1. The van der Waals surface area contributed by atoms with Gasteiger partial charge in [-0.25, -0.2) is 4.98 Å². The highest BCUT2D eigenvalue weighted by Crippen LogP contribution is 2.37. The van der Waals surface area contributed by atoms with Gasteiger partial charge in [-0.05, 0) is 19.8 Å². The fourth-order valence-corrected chi connectivity index (χ4v) is 3.87. The summed E-state index contributed by atoms with van der Waals surface area (Å²) in [5, 5.41) is 3.89. The molecule has 1 aliphatic rings. The molecule has 7 nitrogen and oxygen atoms in total. The Labute approximate surface area is 176 Å². The molecule has 1 aromatic heterocycles.